The number of ether oxygens (including phenoxy) is 1. The predicted molar refractivity (Wildman–Crippen MR) is 264 cm³/mol. The van der Waals surface area contributed by atoms with Gasteiger partial charge in [0.15, 0.2) is 0 Å². The van der Waals surface area contributed by atoms with Gasteiger partial charge in [0, 0.05) is 12.8 Å². The zero-order valence-electron chi connectivity index (χ0n) is 40.9. The van der Waals surface area contributed by atoms with Crippen LogP contribution in [0.4, 0.5) is 0 Å². The van der Waals surface area contributed by atoms with Crippen molar-refractivity contribution in [3.05, 3.63) is 24.3 Å². The average Bonchev–Trinajstić information content (AvgIpc) is 3.26. The first-order valence-corrected chi connectivity index (χ1v) is 27.1. The molecule has 2 atom stereocenters. The zero-order valence-corrected chi connectivity index (χ0v) is 40.9. The molecule has 1 amide bonds. The third-order valence-corrected chi connectivity index (χ3v) is 12.5. The molecule has 61 heavy (non-hydrogen) atoms. The summed E-state index contributed by atoms with van der Waals surface area (Å²) in [5, 5.41) is 23.3. The molecule has 0 aliphatic heterocycles. The van der Waals surface area contributed by atoms with Crippen LogP contribution in [0.5, 0.6) is 0 Å². The number of allylic oxidation sites excluding steroid dienone is 4. The number of unbranched alkanes of at least 4 members (excludes halogenated alkanes) is 35. The number of hydrogen-bond acceptors (Lipinski definition) is 5. The third-order valence-electron chi connectivity index (χ3n) is 12.5. The number of amides is 1. The lowest BCUT2D eigenvalue weighted by molar-refractivity contribution is -0.143. The van der Waals surface area contributed by atoms with E-state index >= 15 is 0 Å². The van der Waals surface area contributed by atoms with Crippen molar-refractivity contribution < 1.29 is 24.5 Å². The van der Waals surface area contributed by atoms with Crippen molar-refractivity contribution in [3.8, 4) is 0 Å². The highest BCUT2D eigenvalue weighted by molar-refractivity contribution is 5.76. The highest BCUT2D eigenvalue weighted by Crippen LogP contribution is 2.17. The molecular weight excluding hydrogens is 755 g/mol. The van der Waals surface area contributed by atoms with Crippen molar-refractivity contribution in [1.29, 1.82) is 0 Å². The van der Waals surface area contributed by atoms with Crippen LogP contribution in [0.2, 0.25) is 0 Å². The molecule has 0 aliphatic rings. The van der Waals surface area contributed by atoms with Crippen LogP contribution in [0, 0.1) is 0 Å². The highest BCUT2D eigenvalue weighted by atomic mass is 16.5. The molecule has 0 saturated heterocycles. The summed E-state index contributed by atoms with van der Waals surface area (Å²) >= 11 is 0. The summed E-state index contributed by atoms with van der Waals surface area (Å²) in [4.78, 5) is 24.5. The Morgan fingerprint density at radius 3 is 1.30 bits per heavy atom. The molecule has 0 radical (unpaired) electrons. The van der Waals surface area contributed by atoms with Crippen molar-refractivity contribution in [2.75, 3.05) is 13.2 Å². The lowest BCUT2D eigenvalue weighted by Crippen LogP contribution is -2.45. The summed E-state index contributed by atoms with van der Waals surface area (Å²) in [7, 11) is 0. The highest BCUT2D eigenvalue weighted by Gasteiger charge is 2.20. The zero-order chi connectivity index (χ0) is 44.4. The Labute approximate surface area is 380 Å². The first-order chi connectivity index (χ1) is 30.0. The molecule has 0 fully saturated rings. The Bertz CT molecular complexity index is 951. The number of aliphatic hydroxyl groups is 2. The lowest BCUT2D eigenvalue weighted by atomic mass is 10.0. The van der Waals surface area contributed by atoms with Gasteiger partial charge in [-0.15, -0.1) is 0 Å². The van der Waals surface area contributed by atoms with Crippen LogP contribution < -0.4 is 5.32 Å². The van der Waals surface area contributed by atoms with E-state index in [0.29, 0.717) is 25.9 Å². The minimum Gasteiger partial charge on any atom is -0.466 e. The SMILES string of the molecule is CCCC/C=C\C/C=C\CCCCCCCC(=O)OCCCCCCCCCCCCCCCCC(=O)NC(CO)C(O)CCCCCCCCCCCCCCCCCC. The fraction of sp³-hybridized carbons (Fsp3) is 0.891. The molecule has 0 rings (SSSR count). The Morgan fingerprint density at radius 2 is 0.836 bits per heavy atom. The Morgan fingerprint density at radius 1 is 0.459 bits per heavy atom. The summed E-state index contributed by atoms with van der Waals surface area (Å²) < 4.78 is 5.46. The molecular formula is C55H105NO5. The normalized spacial score (nSPS) is 12.8. The molecule has 0 aromatic rings. The fourth-order valence-electron chi connectivity index (χ4n) is 8.30. The van der Waals surface area contributed by atoms with Gasteiger partial charge in [0.2, 0.25) is 5.91 Å². The van der Waals surface area contributed by atoms with Crippen molar-refractivity contribution in [3.63, 3.8) is 0 Å². The van der Waals surface area contributed by atoms with Gasteiger partial charge in [0.25, 0.3) is 0 Å². The van der Waals surface area contributed by atoms with Gasteiger partial charge < -0.3 is 20.3 Å². The number of esters is 1. The second kappa shape index (κ2) is 51.0. The monoisotopic (exact) mass is 860 g/mol. The van der Waals surface area contributed by atoms with Crippen LogP contribution in [0.1, 0.15) is 290 Å². The first-order valence-electron chi connectivity index (χ1n) is 27.1. The molecule has 0 spiro atoms. The maximum atomic E-state index is 12.5. The van der Waals surface area contributed by atoms with Crippen LogP contribution in [-0.2, 0) is 14.3 Å². The second-order valence-corrected chi connectivity index (χ2v) is 18.6. The van der Waals surface area contributed by atoms with E-state index in [2.05, 4.69) is 43.5 Å². The largest absolute Gasteiger partial charge is 0.466 e. The van der Waals surface area contributed by atoms with Gasteiger partial charge in [-0.3, -0.25) is 9.59 Å². The standard InChI is InChI=1S/C55H105NO5/c1-3-5-7-9-11-13-15-17-19-20-23-27-31-35-39-43-47-53(58)52(51-57)56-54(59)48-44-40-36-32-28-24-21-22-26-30-34-38-42-46-50-61-55(60)49-45-41-37-33-29-25-18-16-14-12-10-8-6-4-2/h10,12,16,18,52-53,57-58H,3-9,11,13-15,17,19-51H2,1-2H3,(H,56,59)/b12-10-,18-16-. The summed E-state index contributed by atoms with van der Waals surface area (Å²) in [6, 6.07) is -0.550. The van der Waals surface area contributed by atoms with Crippen LogP contribution in [0.25, 0.3) is 0 Å². The van der Waals surface area contributed by atoms with E-state index in [4.69, 9.17) is 4.74 Å². The van der Waals surface area contributed by atoms with Crippen molar-refractivity contribution in [1.82, 2.24) is 5.32 Å². The molecule has 0 heterocycles. The third kappa shape index (κ3) is 47.7. The van der Waals surface area contributed by atoms with Gasteiger partial charge in [-0.2, -0.15) is 0 Å². The van der Waals surface area contributed by atoms with E-state index in [1.165, 1.54) is 199 Å². The number of rotatable bonds is 50. The van der Waals surface area contributed by atoms with E-state index in [1.807, 2.05) is 0 Å². The maximum Gasteiger partial charge on any atom is 0.305 e. The molecule has 0 aliphatic carbocycles. The molecule has 2 unspecified atom stereocenters. The molecule has 3 N–H and O–H groups in total. The number of carbonyl (C=O) groups excluding carboxylic acids is 2. The minimum absolute atomic E-state index is 0.0166. The average molecular weight is 860 g/mol. The van der Waals surface area contributed by atoms with Crippen molar-refractivity contribution >= 4 is 11.9 Å². The number of aliphatic hydroxyl groups excluding tert-OH is 2. The first kappa shape index (κ1) is 59.3. The van der Waals surface area contributed by atoms with Gasteiger partial charge in [-0.05, 0) is 51.4 Å². The lowest BCUT2D eigenvalue weighted by Gasteiger charge is -2.22. The van der Waals surface area contributed by atoms with E-state index in [9.17, 15) is 19.8 Å². The van der Waals surface area contributed by atoms with E-state index in [1.54, 1.807) is 0 Å². The molecule has 6 heteroatoms. The molecule has 0 saturated carbocycles. The van der Waals surface area contributed by atoms with E-state index < -0.39 is 12.1 Å². The van der Waals surface area contributed by atoms with Crippen LogP contribution in [0.3, 0.4) is 0 Å². The number of hydrogen-bond donors (Lipinski definition) is 3. The summed E-state index contributed by atoms with van der Waals surface area (Å²) in [5.41, 5.74) is 0. The Hall–Kier alpha value is -1.66. The summed E-state index contributed by atoms with van der Waals surface area (Å²) in [6.07, 6.45) is 60.0. The van der Waals surface area contributed by atoms with Crippen LogP contribution in [0.15, 0.2) is 24.3 Å². The molecule has 0 bridgehead atoms. The van der Waals surface area contributed by atoms with E-state index in [-0.39, 0.29) is 18.5 Å². The quantitative estimate of drug-likeness (QED) is 0.0322. The molecule has 0 aromatic heterocycles. The van der Waals surface area contributed by atoms with Gasteiger partial charge in [0.05, 0.1) is 25.4 Å². The van der Waals surface area contributed by atoms with Gasteiger partial charge in [-0.25, -0.2) is 0 Å². The van der Waals surface area contributed by atoms with E-state index in [0.717, 1.165) is 57.8 Å². The topological polar surface area (TPSA) is 95.9 Å². The van der Waals surface area contributed by atoms with Gasteiger partial charge >= 0.3 is 5.97 Å². The van der Waals surface area contributed by atoms with Crippen LogP contribution >= 0.6 is 0 Å². The van der Waals surface area contributed by atoms with Crippen molar-refractivity contribution in [2.45, 2.75) is 302 Å². The number of carbonyl (C=O) groups is 2. The van der Waals surface area contributed by atoms with Gasteiger partial charge in [-0.1, -0.05) is 250 Å². The molecule has 360 valence electrons. The Kier molecular flexibility index (Phi) is 49.6. The Balaban J connectivity index is 3.45. The minimum atomic E-state index is -0.671. The smallest absolute Gasteiger partial charge is 0.305 e. The number of nitrogens with one attached hydrogen (secondary N) is 1. The predicted octanol–water partition coefficient (Wildman–Crippen LogP) is 16.3. The van der Waals surface area contributed by atoms with Crippen LogP contribution in [-0.4, -0.2) is 47.4 Å². The second-order valence-electron chi connectivity index (χ2n) is 18.6. The summed E-state index contributed by atoms with van der Waals surface area (Å²) in [6.45, 7) is 4.89. The summed E-state index contributed by atoms with van der Waals surface area (Å²) in [5.74, 6) is -0.0615. The molecule has 0 aromatic carbocycles. The van der Waals surface area contributed by atoms with Gasteiger partial charge in [0.1, 0.15) is 0 Å². The maximum absolute atomic E-state index is 12.5. The van der Waals surface area contributed by atoms with Crippen molar-refractivity contribution in [2.24, 2.45) is 0 Å². The molecule has 6 nitrogen and oxygen atoms in total. The fourth-order valence-corrected chi connectivity index (χ4v) is 8.30.